The van der Waals surface area contributed by atoms with Crippen LogP contribution < -0.4 is 4.74 Å². The Kier molecular flexibility index (Phi) is 4.85. The summed E-state index contributed by atoms with van der Waals surface area (Å²) in [5, 5.41) is 10.5. The van der Waals surface area contributed by atoms with Crippen LogP contribution in [0.15, 0.2) is 24.3 Å². The third-order valence-electron chi connectivity index (χ3n) is 3.80. The fourth-order valence-corrected chi connectivity index (χ4v) is 2.38. The molecule has 2 rings (SSSR count). The number of carbonyl (C=O) groups excluding carboxylic acids is 1. The van der Waals surface area contributed by atoms with Crippen LogP contribution >= 0.6 is 0 Å². The zero-order valence-electron chi connectivity index (χ0n) is 13.0. The van der Waals surface area contributed by atoms with Gasteiger partial charge in [0.1, 0.15) is 18.0 Å². The van der Waals surface area contributed by atoms with Crippen molar-refractivity contribution < 1.29 is 14.6 Å². The van der Waals surface area contributed by atoms with Gasteiger partial charge in [0.15, 0.2) is 0 Å². The summed E-state index contributed by atoms with van der Waals surface area (Å²) in [6.45, 7) is 3.81. The van der Waals surface area contributed by atoms with E-state index in [9.17, 15) is 9.90 Å². The standard InChI is InChI=1S/C16H24N2O3/c1-13-4-6-14(7-5-13)21-12-16(20)8-9-18(11-16)10-15(19)17(2)3/h4-7,20H,8-12H2,1-3H3. The molecule has 0 aliphatic carbocycles. The van der Waals surface area contributed by atoms with Crippen LogP contribution in [0.25, 0.3) is 0 Å². The first kappa shape index (κ1) is 15.8. The van der Waals surface area contributed by atoms with E-state index in [1.54, 1.807) is 19.0 Å². The minimum Gasteiger partial charge on any atom is -0.491 e. The van der Waals surface area contributed by atoms with E-state index in [4.69, 9.17) is 4.74 Å². The number of hydrogen-bond acceptors (Lipinski definition) is 4. The monoisotopic (exact) mass is 292 g/mol. The SMILES string of the molecule is Cc1ccc(OCC2(O)CCN(CC(=O)N(C)C)C2)cc1. The van der Waals surface area contributed by atoms with Crippen molar-refractivity contribution in [3.8, 4) is 5.75 Å². The Morgan fingerprint density at radius 1 is 1.38 bits per heavy atom. The molecule has 1 aliphatic rings. The van der Waals surface area contributed by atoms with Crippen LogP contribution in [-0.2, 0) is 4.79 Å². The summed E-state index contributed by atoms with van der Waals surface area (Å²) in [7, 11) is 3.48. The number of amides is 1. The number of likely N-dealkylation sites (N-methyl/N-ethyl adjacent to an activating group) is 1. The molecule has 0 bridgehead atoms. The van der Waals surface area contributed by atoms with Crippen LogP contribution in [0.1, 0.15) is 12.0 Å². The van der Waals surface area contributed by atoms with E-state index in [1.165, 1.54) is 5.56 Å². The van der Waals surface area contributed by atoms with Crippen LogP contribution in [0.2, 0.25) is 0 Å². The number of hydrogen-bond donors (Lipinski definition) is 1. The van der Waals surface area contributed by atoms with E-state index < -0.39 is 5.60 Å². The van der Waals surface area contributed by atoms with Crippen LogP contribution in [0.4, 0.5) is 0 Å². The van der Waals surface area contributed by atoms with E-state index in [-0.39, 0.29) is 12.5 Å². The maximum atomic E-state index is 11.7. The molecular weight excluding hydrogens is 268 g/mol. The minimum absolute atomic E-state index is 0.0544. The van der Waals surface area contributed by atoms with Gasteiger partial charge in [-0.1, -0.05) is 17.7 Å². The molecule has 0 aromatic heterocycles. The zero-order valence-corrected chi connectivity index (χ0v) is 13.0. The van der Waals surface area contributed by atoms with Crippen LogP contribution in [0.5, 0.6) is 5.75 Å². The molecule has 0 saturated carbocycles. The normalized spacial score (nSPS) is 22.3. The maximum absolute atomic E-state index is 11.7. The highest BCUT2D eigenvalue weighted by molar-refractivity contribution is 5.77. The van der Waals surface area contributed by atoms with Gasteiger partial charge in [-0.05, 0) is 25.5 Å². The predicted molar refractivity (Wildman–Crippen MR) is 81.4 cm³/mol. The van der Waals surface area contributed by atoms with Gasteiger partial charge in [0.05, 0.1) is 6.54 Å². The fraction of sp³-hybridized carbons (Fsp3) is 0.562. The number of aryl methyl sites for hydroxylation is 1. The molecule has 21 heavy (non-hydrogen) atoms. The number of aliphatic hydroxyl groups is 1. The van der Waals surface area contributed by atoms with Crippen LogP contribution in [0, 0.1) is 6.92 Å². The Bertz CT molecular complexity index is 487. The number of carbonyl (C=O) groups is 1. The van der Waals surface area contributed by atoms with Crippen molar-refractivity contribution in [2.45, 2.75) is 18.9 Å². The molecule has 1 atom stereocenters. The molecule has 1 heterocycles. The first-order valence-electron chi connectivity index (χ1n) is 7.22. The molecule has 1 unspecified atom stereocenters. The second kappa shape index (κ2) is 6.45. The summed E-state index contributed by atoms with van der Waals surface area (Å²) in [6.07, 6.45) is 0.625. The van der Waals surface area contributed by atoms with Gasteiger partial charge in [0, 0.05) is 27.2 Å². The number of benzene rings is 1. The third kappa shape index (κ3) is 4.44. The summed E-state index contributed by atoms with van der Waals surface area (Å²) >= 11 is 0. The van der Waals surface area contributed by atoms with E-state index in [0.29, 0.717) is 26.1 Å². The molecule has 1 aromatic rings. The van der Waals surface area contributed by atoms with Crippen LogP contribution in [-0.4, -0.2) is 66.8 Å². The minimum atomic E-state index is -0.878. The predicted octanol–water partition coefficient (Wildman–Crippen LogP) is 0.899. The van der Waals surface area contributed by atoms with Gasteiger partial charge in [-0.15, -0.1) is 0 Å². The van der Waals surface area contributed by atoms with Gasteiger partial charge in [-0.2, -0.15) is 0 Å². The second-order valence-corrected chi connectivity index (χ2v) is 6.07. The van der Waals surface area contributed by atoms with Gasteiger partial charge in [-0.25, -0.2) is 0 Å². The Balaban J connectivity index is 1.83. The molecule has 5 nitrogen and oxygen atoms in total. The summed E-state index contributed by atoms with van der Waals surface area (Å²) in [6, 6.07) is 7.77. The lowest BCUT2D eigenvalue weighted by molar-refractivity contribution is -0.129. The molecule has 1 aliphatic heterocycles. The Hall–Kier alpha value is -1.59. The van der Waals surface area contributed by atoms with Gasteiger partial charge in [0.2, 0.25) is 5.91 Å². The largest absolute Gasteiger partial charge is 0.491 e. The van der Waals surface area contributed by atoms with Crippen molar-refractivity contribution >= 4 is 5.91 Å². The molecule has 0 radical (unpaired) electrons. The summed E-state index contributed by atoms with van der Waals surface area (Å²) in [4.78, 5) is 15.2. The van der Waals surface area contributed by atoms with Gasteiger partial charge in [0.25, 0.3) is 0 Å². The average molecular weight is 292 g/mol. The molecule has 1 aromatic carbocycles. The molecule has 1 N–H and O–H groups in total. The van der Waals surface area contributed by atoms with Crippen molar-refractivity contribution in [3.05, 3.63) is 29.8 Å². The average Bonchev–Trinajstić information content (AvgIpc) is 2.80. The van der Waals surface area contributed by atoms with Crippen molar-refractivity contribution in [1.82, 2.24) is 9.80 Å². The highest BCUT2D eigenvalue weighted by Crippen LogP contribution is 2.23. The lowest BCUT2D eigenvalue weighted by Crippen LogP contribution is -2.41. The van der Waals surface area contributed by atoms with Crippen molar-refractivity contribution in [1.29, 1.82) is 0 Å². The van der Waals surface area contributed by atoms with Gasteiger partial charge in [-0.3, -0.25) is 9.69 Å². The van der Waals surface area contributed by atoms with E-state index >= 15 is 0 Å². The number of likely N-dealkylation sites (tertiary alicyclic amines) is 1. The number of rotatable bonds is 5. The Morgan fingerprint density at radius 3 is 2.67 bits per heavy atom. The Labute approximate surface area is 126 Å². The lowest BCUT2D eigenvalue weighted by atomic mass is 10.1. The highest BCUT2D eigenvalue weighted by atomic mass is 16.5. The molecule has 5 heteroatoms. The fourth-order valence-electron chi connectivity index (χ4n) is 2.38. The summed E-state index contributed by atoms with van der Waals surface area (Å²) in [5.74, 6) is 0.815. The first-order chi connectivity index (χ1) is 9.88. The highest BCUT2D eigenvalue weighted by Gasteiger charge is 2.37. The van der Waals surface area contributed by atoms with E-state index in [2.05, 4.69) is 0 Å². The molecule has 116 valence electrons. The molecule has 1 saturated heterocycles. The zero-order chi connectivity index (χ0) is 15.5. The third-order valence-corrected chi connectivity index (χ3v) is 3.80. The second-order valence-electron chi connectivity index (χ2n) is 6.07. The number of β-amino-alcohol motifs (C(OH)–C–C–N with tert-alkyl or cyclic N) is 1. The van der Waals surface area contributed by atoms with Crippen molar-refractivity contribution in [2.24, 2.45) is 0 Å². The van der Waals surface area contributed by atoms with Crippen molar-refractivity contribution in [2.75, 3.05) is 40.3 Å². The number of ether oxygens (including phenoxy) is 1. The topological polar surface area (TPSA) is 53.0 Å². The summed E-state index contributed by atoms with van der Waals surface area (Å²) in [5.41, 5.74) is 0.299. The molecule has 0 spiro atoms. The molecular formula is C16H24N2O3. The first-order valence-corrected chi connectivity index (χ1v) is 7.22. The van der Waals surface area contributed by atoms with E-state index in [1.807, 2.05) is 36.1 Å². The lowest BCUT2D eigenvalue weighted by Gasteiger charge is -2.24. The quantitative estimate of drug-likeness (QED) is 0.876. The molecule has 1 amide bonds. The maximum Gasteiger partial charge on any atom is 0.236 e. The Morgan fingerprint density at radius 2 is 2.05 bits per heavy atom. The van der Waals surface area contributed by atoms with Gasteiger partial charge < -0.3 is 14.7 Å². The smallest absolute Gasteiger partial charge is 0.236 e. The summed E-state index contributed by atoms with van der Waals surface area (Å²) < 4.78 is 5.68. The number of nitrogens with zero attached hydrogens (tertiary/aromatic N) is 2. The van der Waals surface area contributed by atoms with Gasteiger partial charge >= 0.3 is 0 Å². The van der Waals surface area contributed by atoms with Crippen molar-refractivity contribution in [3.63, 3.8) is 0 Å². The molecule has 1 fully saturated rings. The van der Waals surface area contributed by atoms with E-state index in [0.717, 1.165) is 5.75 Å². The van der Waals surface area contributed by atoms with Crippen LogP contribution in [0.3, 0.4) is 0 Å².